The Morgan fingerprint density at radius 1 is 0.302 bits per heavy atom. The molecular formula is C61H39NO. The molecule has 294 valence electrons. The minimum Gasteiger partial charge on any atom is -0.456 e. The lowest BCUT2D eigenvalue weighted by Gasteiger charge is -2.32. The van der Waals surface area contributed by atoms with Gasteiger partial charge in [0.15, 0.2) is 0 Å². The molecule has 0 fully saturated rings. The Morgan fingerprint density at radius 3 is 1.51 bits per heavy atom. The predicted octanol–water partition coefficient (Wildman–Crippen LogP) is 16.4. The van der Waals surface area contributed by atoms with Crippen molar-refractivity contribution in [3.05, 3.63) is 259 Å². The van der Waals surface area contributed by atoms with E-state index in [-0.39, 0.29) is 0 Å². The van der Waals surface area contributed by atoms with Gasteiger partial charge in [-0.2, -0.15) is 0 Å². The van der Waals surface area contributed by atoms with Crippen LogP contribution in [-0.2, 0) is 5.41 Å². The molecule has 0 amide bonds. The SMILES string of the molecule is c1ccc(-c2ccc(N(c3cc(-c4ccccc4)cc(-c4ccccc4)c3)c3ccc4c(c3)C3(c5ccccc5-4)c4ccccc4-c4c3ccc3oc5ccccc5c43)cc2)cc1. The maximum atomic E-state index is 6.54. The van der Waals surface area contributed by atoms with E-state index in [0.29, 0.717) is 0 Å². The summed E-state index contributed by atoms with van der Waals surface area (Å²) in [5, 5.41) is 2.33. The number of rotatable bonds is 6. The molecule has 2 nitrogen and oxygen atoms in total. The van der Waals surface area contributed by atoms with Gasteiger partial charge in [0.25, 0.3) is 0 Å². The first-order valence-corrected chi connectivity index (χ1v) is 21.7. The first-order valence-electron chi connectivity index (χ1n) is 21.7. The average molecular weight is 802 g/mol. The molecule has 11 aromatic rings. The lowest BCUT2D eigenvalue weighted by Crippen LogP contribution is -2.26. The Labute approximate surface area is 366 Å². The number of para-hydroxylation sites is 1. The van der Waals surface area contributed by atoms with Crippen LogP contribution in [0.15, 0.2) is 241 Å². The third-order valence-corrected chi connectivity index (χ3v) is 13.5. The Kier molecular flexibility index (Phi) is 7.85. The van der Waals surface area contributed by atoms with Gasteiger partial charge in [-0.1, -0.05) is 182 Å². The van der Waals surface area contributed by atoms with E-state index in [2.05, 4.69) is 241 Å². The Bertz CT molecular complexity index is 3490. The van der Waals surface area contributed by atoms with Crippen molar-refractivity contribution in [2.45, 2.75) is 5.41 Å². The van der Waals surface area contributed by atoms with E-state index in [0.717, 1.165) is 44.7 Å². The molecule has 1 aromatic heterocycles. The van der Waals surface area contributed by atoms with Crippen LogP contribution in [0.2, 0.25) is 0 Å². The van der Waals surface area contributed by atoms with Crippen molar-refractivity contribution in [3.8, 4) is 55.6 Å². The molecule has 0 bridgehead atoms. The van der Waals surface area contributed by atoms with Gasteiger partial charge in [-0.05, 0) is 132 Å². The maximum Gasteiger partial charge on any atom is 0.136 e. The van der Waals surface area contributed by atoms with E-state index < -0.39 is 5.41 Å². The third-order valence-electron chi connectivity index (χ3n) is 13.5. The van der Waals surface area contributed by atoms with Gasteiger partial charge in [-0.25, -0.2) is 0 Å². The third kappa shape index (κ3) is 5.32. The fraction of sp³-hybridized carbons (Fsp3) is 0.0164. The van der Waals surface area contributed by atoms with Gasteiger partial charge < -0.3 is 9.32 Å². The fourth-order valence-electron chi connectivity index (χ4n) is 10.8. The molecule has 0 radical (unpaired) electrons. The van der Waals surface area contributed by atoms with Crippen LogP contribution in [0.25, 0.3) is 77.6 Å². The molecule has 0 saturated carbocycles. The van der Waals surface area contributed by atoms with Gasteiger partial charge in [-0.3, -0.25) is 0 Å². The standard InChI is InChI=1S/C61H39NO/c1-4-16-40(17-5-1)43-28-30-46(31-29-43)62(48-37-44(41-18-6-2-7-19-41)36-45(38-48)42-20-8-3-9-21-42)47-32-33-50-49-22-10-13-25-53(49)61(56(50)39-47)54-26-14-11-23-51(54)59-55(61)34-35-58-60(59)52-24-12-15-27-57(52)63-58/h1-39H. The highest BCUT2D eigenvalue weighted by atomic mass is 16.3. The maximum absolute atomic E-state index is 6.54. The zero-order valence-corrected chi connectivity index (χ0v) is 34.4. The van der Waals surface area contributed by atoms with Crippen LogP contribution >= 0.6 is 0 Å². The first-order chi connectivity index (χ1) is 31.2. The van der Waals surface area contributed by atoms with Crippen molar-refractivity contribution in [1.29, 1.82) is 0 Å². The molecule has 1 heterocycles. The monoisotopic (exact) mass is 801 g/mol. The highest BCUT2D eigenvalue weighted by molar-refractivity contribution is 6.16. The topological polar surface area (TPSA) is 16.4 Å². The molecule has 0 aliphatic heterocycles. The molecule has 0 saturated heterocycles. The summed E-state index contributed by atoms with van der Waals surface area (Å²) in [4.78, 5) is 2.46. The molecule has 1 atom stereocenters. The first kappa shape index (κ1) is 35.5. The molecule has 13 rings (SSSR count). The van der Waals surface area contributed by atoms with Crippen molar-refractivity contribution in [1.82, 2.24) is 0 Å². The average Bonchev–Trinajstić information content (AvgIpc) is 3.99. The summed E-state index contributed by atoms with van der Waals surface area (Å²) >= 11 is 0. The second-order valence-electron chi connectivity index (χ2n) is 16.8. The van der Waals surface area contributed by atoms with Gasteiger partial charge in [0, 0.05) is 27.8 Å². The summed E-state index contributed by atoms with van der Waals surface area (Å²) in [7, 11) is 0. The Balaban J connectivity index is 1.09. The predicted molar refractivity (Wildman–Crippen MR) is 261 cm³/mol. The van der Waals surface area contributed by atoms with Crippen LogP contribution in [-0.4, -0.2) is 0 Å². The summed E-state index contributed by atoms with van der Waals surface area (Å²) in [5.41, 5.74) is 21.9. The molecule has 1 unspecified atom stereocenters. The zero-order chi connectivity index (χ0) is 41.5. The molecule has 2 aliphatic carbocycles. The molecular weight excluding hydrogens is 763 g/mol. The van der Waals surface area contributed by atoms with Crippen molar-refractivity contribution in [2.24, 2.45) is 0 Å². The summed E-state index contributed by atoms with van der Waals surface area (Å²) in [6, 6.07) is 86.6. The number of nitrogens with zero attached hydrogens (tertiary/aromatic N) is 1. The molecule has 2 heteroatoms. The van der Waals surface area contributed by atoms with Crippen molar-refractivity contribution >= 4 is 39.0 Å². The molecule has 63 heavy (non-hydrogen) atoms. The van der Waals surface area contributed by atoms with E-state index in [4.69, 9.17) is 4.42 Å². The second kappa shape index (κ2) is 13.9. The normalized spacial score (nSPS) is 14.4. The highest BCUT2D eigenvalue weighted by Gasteiger charge is 2.52. The van der Waals surface area contributed by atoms with Gasteiger partial charge in [0.1, 0.15) is 11.2 Å². The van der Waals surface area contributed by atoms with Crippen LogP contribution in [0, 0.1) is 0 Å². The smallest absolute Gasteiger partial charge is 0.136 e. The number of hydrogen-bond donors (Lipinski definition) is 0. The zero-order valence-electron chi connectivity index (χ0n) is 34.4. The minimum atomic E-state index is -0.551. The van der Waals surface area contributed by atoms with E-state index in [1.165, 1.54) is 72.1 Å². The second-order valence-corrected chi connectivity index (χ2v) is 16.8. The highest BCUT2D eigenvalue weighted by Crippen LogP contribution is 2.65. The minimum absolute atomic E-state index is 0.551. The number of hydrogen-bond acceptors (Lipinski definition) is 2. The van der Waals surface area contributed by atoms with Crippen molar-refractivity contribution in [3.63, 3.8) is 0 Å². The van der Waals surface area contributed by atoms with Crippen molar-refractivity contribution < 1.29 is 4.42 Å². The Morgan fingerprint density at radius 2 is 0.825 bits per heavy atom. The molecule has 2 aliphatic rings. The fourth-order valence-corrected chi connectivity index (χ4v) is 10.8. The van der Waals surface area contributed by atoms with Crippen LogP contribution in [0.5, 0.6) is 0 Å². The van der Waals surface area contributed by atoms with Crippen molar-refractivity contribution in [2.75, 3.05) is 4.90 Å². The number of benzene rings is 10. The number of furan rings is 1. The molecule has 0 N–H and O–H groups in total. The van der Waals surface area contributed by atoms with Crippen LogP contribution in [0.3, 0.4) is 0 Å². The summed E-state index contributed by atoms with van der Waals surface area (Å²) < 4.78 is 6.54. The lowest BCUT2D eigenvalue weighted by molar-refractivity contribution is 0.668. The number of fused-ring (bicyclic) bond motifs is 14. The summed E-state index contributed by atoms with van der Waals surface area (Å²) in [6.45, 7) is 0. The largest absolute Gasteiger partial charge is 0.456 e. The summed E-state index contributed by atoms with van der Waals surface area (Å²) in [5.74, 6) is 0. The van der Waals surface area contributed by atoms with E-state index in [1.54, 1.807) is 0 Å². The van der Waals surface area contributed by atoms with Crippen LogP contribution in [0.1, 0.15) is 22.3 Å². The van der Waals surface area contributed by atoms with E-state index >= 15 is 0 Å². The van der Waals surface area contributed by atoms with Gasteiger partial charge in [-0.15, -0.1) is 0 Å². The quantitative estimate of drug-likeness (QED) is 0.167. The van der Waals surface area contributed by atoms with E-state index in [1.807, 2.05) is 0 Å². The van der Waals surface area contributed by atoms with Gasteiger partial charge in [0.2, 0.25) is 0 Å². The van der Waals surface area contributed by atoms with E-state index in [9.17, 15) is 0 Å². The van der Waals surface area contributed by atoms with Crippen LogP contribution in [0.4, 0.5) is 17.1 Å². The lowest BCUT2D eigenvalue weighted by atomic mass is 9.70. The molecule has 1 spiro atoms. The molecule has 10 aromatic carbocycles. The Hall–Kier alpha value is -8.20. The summed E-state index contributed by atoms with van der Waals surface area (Å²) in [6.07, 6.45) is 0. The number of anilines is 3. The van der Waals surface area contributed by atoms with Gasteiger partial charge in [0.05, 0.1) is 5.41 Å². The van der Waals surface area contributed by atoms with Crippen LogP contribution < -0.4 is 4.90 Å². The van der Waals surface area contributed by atoms with Gasteiger partial charge >= 0.3 is 0 Å².